The average Bonchev–Trinajstić information content (AvgIpc) is 3.57. The third-order valence-electron chi connectivity index (χ3n) is 6.63. The molecule has 0 bridgehead atoms. The zero-order valence-electron chi connectivity index (χ0n) is 21.2. The normalized spacial score (nSPS) is 20.3. The summed E-state index contributed by atoms with van der Waals surface area (Å²) in [6.45, 7) is 6.40. The van der Waals surface area contributed by atoms with Crippen molar-refractivity contribution in [3.63, 3.8) is 0 Å². The fraction of sp³-hybridized carbons (Fsp3) is 0.500. The summed E-state index contributed by atoms with van der Waals surface area (Å²) >= 11 is 3.51. The monoisotopic (exact) mass is 593 g/mol. The smallest absolute Gasteiger partial charge is 0.410 e. The second kappa shape index (κ2) is 10.7. The van der Waals surface area contributed by atoms with Crippen LogP contribution in [0.2, 0.25) is 0 Å². The number of nitrogens with zero attached hydrogens (tertiary/aromatic N) is 3. The van der Waals surface area contributed by atoms with Gasteiger partial charge in [0, 0.05) is 36.2 Å². The van der Waals surface area contributed by atoms with Crippen molar-refractivity contribution in [2.45, 2.75) is 56.6 Å². The molecule has 200 valence electrons. The minimum absolute atomic E-state index is 0.0102. The molecule has 1 saturated heterocycles. The first-order valence-corrected chi connectivity index (χ1v) is 14.6. The van der Waals surface area contributed by atoms with Gasteiger partial charge in [0.05, 0.1) is 4.92 Å². The molecular formula is C26H32BrN3O6S. The van der Waals surface area contributed by atoms with E-state index in [2.05, 4.69) is 15.9 Å². The minimum atomic E-state index is -4.12. The lowest BCUT2D eigenvalue weighted by atomic mass is 9.89. The molecule has 0 aromatic heterocycles. The highest BCUT2D eigenvalue weighted by Gasteiger charge is 2.45. The van der Waals surface area contributed by atoms with Crippen LogP contribution >= 0.6 is 15.9 Å². The van der Waals surface area contributed by atoms with Crippen molar-refractivity contribution in [2.24, 2.45) is 11.8 Å². The van der Waals surface area contributed by atoms with Crippen molar-refractivity contribution in [3.8, 4) is 0 Å². The third-order valence-corrected chi connectivity index (χ3v) is 9.09. The molecule has 2 aromatic rings. The highest BCUT2D eigenvalue weighted by atomic mass is 79.9. The van der Waals surface area contributed by atoms with E-state index in [9.17, 15) is 23.3 Å². The van der Waals surface area contributed by atoms with Gasteiger partial charge in [-0.3, -0.25) is 10.1 Å². The zero-order chi connectivity index (χ0) is 27.0. The molecular weight excluding hydrogens is 562 g/mol. The van der Waals surface area contributed by atoms with E-state index >= 15 is 0 Å². The van der Waals surface area contributed by atoms with Crippen LogP contribution in [-0.2, 0) is 21.2 Å². The van der Waals surface area contributed by atoms with Crippen LogP contribution in [0.15, 0.2) is 57.9 Å². The van der Waals surface area contributed by atoms with Gasteiger partial charge in [0.1, 0.15) is 5.60 Å². The van der Waals surface area contributed by atoms with Gasteiger partial charge in [-0.15, -0.1) is 0 Å². The molecule has 1 heterocycles. The van der Waals surface area contributed by atoms with Crippen LogP contribution in [-0.4, -0.2) is 59.9 Å². The first-order valence-electron chi connectivity index (χ1n) is 12.3. The van der Waals surface area contributed by atoms with Crippen LogP contribution in [0, 0.1) is 22.0 Å². The predicted molar refractivity (Wildman–Crippen MR) is 143 cm³/mol. The number of sulfonamides is 1. The first-order chi connectivity index (χ1) is 17.3. The van der Waals surface area contributed by atoms with Crippen LogP contribution < -0.4 is 0 Å². The third kappa shape index (κ3) is 6.69. The van der Waals surface area contributed by atoms with Crippen molar-refractivity contribution in [1.82, 2.24) is 9.21 Å². The topological polar surface area (TPSA) is 110 Å². The molecule has 0 unspecified atom stereocenters. The molecule has 0 spiro atoms. The second-order valence-electron chi connectivity index (χ2n) is 10.8. The number of benzene rings is 2. The lowest BCUT2D eigenvalue weighted by molar-refractivity contribution is -0.387. The fourth-order valence-electron chi connectivity index (χ4n) is 4.81. The zero-order valence-corrected chi connectivity index (χ0v) is 23.6. The van der Waals surface area contributed by atoms with Crippen molar-refractivity contribution in [3.05, 3.63) is 68.7 Å². The summed E-state index contributed by atoms with van der Waals surface area (Å²) in [7, 11) is -4.12. The molecule has 2 aliphatic rings. The van der Waals surface area contributed by atoms with Crippen LogP contribution in [0.1, 0.15) is 39.2 Å². The Morgan fingerprint density at radius 3 is 2.43 bits per heavy atom. The Kier molecular flexibility index (Phi) is 7.96. The number of nitro groups is 1. The van der Waals surface area contributed by atoms with Gasteiger partial charge in [0.25, 0.3) is 5.69 Å². The van der Waals surface area contributed by atoms with Crippen LogP contribution in [0.5, 0.6) is 0 Å². The Labute approximate surface area is 226 Å². The van der Waals surface area contributed by atoms with Gasteiger partial charge in [0.15, 0.2) is 4.90 Å². The number of carbonyl (C=O) groups is 1. The van der Waals surface area contributed by atoms with Gasteiger partial charge in [-0.1, -0.05) is 40.2 Å². The molecule has 0 N–H and O–H groups in total. The Bertz CT molecular complexity index is 1280. The summed E-state index contributed by atoms with van der Waals surface area (Å²) < 4.78 is 35.5. The van der Waals surface area contributed by atoms with Crippen molar-refractivity contribution in [1.29, 1.82) is 0 Å². The number of carbonyl (C=O) groups excluding carboxylic acids is 1. The highest BCUT2D eigenvalue weighted by Crippen LogP contribution is 2.38. The van der Waals surface area contributed by atoms with E-state index in [1.807, 2.05) is 45.0 Å². The maximum atomic E-state index is 13.7. The largest absolute Gasteiger partial charge is 0.444 e. The van der Waals surface area contributed by atoms with Crippen LogP contribution in [0.25, 0.3) is 0 Å². The number of amides is 1. The van der Waals surface area contributed by atoms with E-state index in [0.717, 1.165) is 10.0 Å². The molecule has 1 aliphatic heterocycles. The SMILES string of the molecule is CC(C)(C)OC(=O)N1C[C@@H](Cc2cccc(Br)c2)[C@H](CN(C2CC2)S(=O)(=O)c2ccccc2[N+](=O)[O-])C1. The van der Waals surface area contributed by atoms with E-state index in [1.54, 1.807) is 4.90 Å². The van der Waals surface area contributed by atoms with Gasteiger partial charge in [-0.25, -0.2) is 13.2 Å². The van der Waals surface area contributed by atoms with Crippen molar-refractivity contribution >= 4 is 37.7 Å². The summed E-state index contributed by atoms with van der Waals surface area (Å²) in [5.41, 5.74) is 0.000463. The number of likely N-dealkylation sites (tertiary alicyclic amines) is 1. The van der Waals surface area contributed by atoms with Gasteiger partial charge in [-0.05, 0) is 75.6 Å². The lowest BCUT2D eigenvalue weighted by Crippen LogP contribution is -2.40. The number of halogens is 1. The fourth-order valence-corrected chi connectivity index (χ4v) is 7.16. The molecule has 1 aliphatic carbocycles. The number of hydrogen-bond donors (Lipinski definition) is 0. The summed E-state index contributed by atoms with van der Waals surface area (Å²) in [6, 6.07) is 13.2. The van der Waals surface area contributed by atoms with E-state index < -0.39 is 32.3 Å². The van der Waals surface area contributed by atoms with E-state index in [-0.39, 0.29) is 29.3 Å². The van der Waals surface area contributed by atoms with Crippen LogP contribution in [0.4, 0.5) is 10.5 Å². The molecule has 37 heavy (non-hydrogen) atoms. The summed E-state index contributed by atoms with van der Waals surface area (Å²) in [4.78, 5) is 25.2. The molecule has 11 heteroatoms. The first kappa shape index (κ1) is 27.5. The number of para-hydroxylation sites is 1. The molecule has 2 fully saturated rings. The highest BCUT2D eigenvalue weighted by molar-refractivity contribution is 9.10. The Morgan fingerprint density at radius 1 is 1.14 bits per heavy atom. The van der Waals surface area contributed by atoms with Crippen molar-refractivity contribution < 1.29 is 22.9 Å². The van der Waals surface area contributed by atoms with E-state index in [1.165, 1.54) is 28.6 Å². The van der Waals surface area contributed by atoms with E-state index in [0.29, 0.717) is 32.4 Å². The van der Waals surface area contributed by atoms with Gasteiger partial charge in [-0.2, -0.15) is 4.31 Å². The molecule has 9 nitrogen and oxygen atoms in total. The lowest BCUT2D eigenvalue weighted by Gasteiger charge is -2.27. The van der Waals surface area contributed by atoms with Crippen molar-refractivity contribution in [2.75, 3.05) is 19.6 Å². The maximum absolute atomic E-state index is 13.7. The summed E-state index contributed by atoms with van der Waals surface area (Å²) in [5.74, 6) is -0.173. The average molecular weight is 595 g/mol. The molecule has 4 rings (SSSR count). The quantitative estimate of drug-likeness (QED) is 0.306. The minimum Gasteiger partial charge on any atom is -0.444 e. The number of hydrogen-bond acceptors (Lipinski definition) is 6. The van der Waals surface area contributed by atoms with E-state index in [4.69, 9.17) is 4.74 Å². The van der Waals surface area contributed by atoms with Crippen LogP contribution in [0.3, 0.4) is 0 Å². The number of ether oxygens (including phenoxy) is 1. The standard InChI is InChI=1S/C26H32BrN3O6S/c1-26(2,3)36-25(31)28-15-19(13-18-7-6-8-21(27)14-18)20(16-28)17-29(22-11-12-22)37(34,35)24-10-5-4-9-23(24)30(32)33/h4-10,14,19-20,22H,11-13,15-17H2,1-3H3/t19-,20+/m1/s1. The van der Waals surface area contributed by atoms with Gasteiger partial charge < -0.3 is 9.64 Å². The van der Waals surface area contributed by atoms with Gasteiger partial charge in [0.2, 0.25) is 10.0 Å². The summed E-state index contributed by atoms with van der Waals surface area (Å²) in [6.07, 6.45) is 1.65. The second-order valence-corrected chi connectivity index (χ2v) is 13.5. The predicted octanol–water partition coefficient (Wildman–Crippen LogP) is 5.24. The maximum Gasteiger partial charge on any atom is 0.410 e. The Balaban J connectivity index is 1.63. The number of nitro benzene ring substituents is 1. The Morgan fingerprint density at radius 2 is 1.81 bits per heavy atom. The summed E-state index contributed by atoms with van der Waals surface area (Å²) in [5, 5.41) is 11.6. The van der Waals surface area contributed by atoms with Gasteiger partial charge >= 0.3 is 6.09 Å². The number of rotatable bonds is 8. The molecule has 0 radical (unpaired) electrons. The Hall–Kier alpha value is -2.50. The molecule has 2 aromatic carbocycles. The molecule has 2 atom stereocenters. The molecule has 1 amide bonds. The molecule has 1 saturated carbocycles.